The van der Waals surface area contributed by atoms with Crippen LogP contribution in [0.2, 0.25) is 0 Å². The van der Waals surface area contributed by atoms with Crippen LogP contribution in [0, 0.1) is 11.7 Å². The van der Waals surface area contributed by atoms with Gasteiger partial charge in [0, 0.05) is 10.5 Å². The number of carbonyl (C=O) groups excluding carboxylic acids is 1. The molecular weight excluding hydrogens is 305 g/mol. The lowest BCUT2D eigenvalue weighted by Gasteiger charge is -2.18. The zero-order valence-electron chi connectivity index (χ0n) is 9.91. The van der Waals surface area contributed by atoms with E-state index in [0.29, 0.717) is 4.47 Å². The van der Waals surface area contributed by atoms with Gasteiger partial charge in [-0.05, 0) is 48.0 Å². The molecule has 1 aromatic rings. The van der Waals surface area contributed by atoms with E-state index in [2.05, 4.69) is 21.2 Å². The number of hydrogen-bond acceptors (Lipinski definition) is 2. The largest absolute Gasteiger partial charge is 0.481 e. The number of aliphatic carboxylic acids is 1. The van der Waals surface area contributed by atoms with E-state index in [4.69, 9.17) is 5.11 Å². The first-order chi connectivity index (χ1) is 8.32. The first-order valence-corrected chi connectivity index (χ1v) is 6.11. The van der Waals surface area contributed by atoms with Gasteiger partial charge in [0.25, 0.3) is 5.91 Å². The summed E-state index contributed by atoms with van der Waals surface area (Å²) in [4.78, 5) is 22.6. The Labute approximate surface area is 112 Å². The number of rotatable bonds is 4. The molecule has 0 saturated carbocycles. The zero-order valence-corrected chi connectivity index (χ0v) is 11.5. The second-order valence-corrected chi connectivity index (χ2v) is 4.87. The van der Waals surface area contributed by atoms with Gasteiger partial charge in [0.15, 0.2) is 0 Å². The van der Waals surface area contributed by atoms with E-state index in [-0.39, 0.29) is 5.56 Å². The third-order valence-electron chi connectivity index (χ3n) is 2.67. The van der Waals surface area contributed by atoms with Gasteiger partial charge in [0.1, 0.15) is 5.82 Å². The number of carbonyl (C=O) groups is 2. The first kappa shape index (κ1) is 14.6. The summed E-state index contributed by atoms with van der Waals surface area (Å²) >= 11 is 3.09. The van der Waals surface area contributed by atoms with Crippen LogP contribution in [0.4, 0.5) is 4.39 Å². The minimum Gasteiger partial charge on any atom is -0.481 e. The molecular formula is C12H13BrFNO3. The Kier molecular flexibility index (Phi) is 4.84. The van der Waals surface area contributed by atoms with Crippen molar-refractivity contribution < 1.29 is 19.1 Å². The highest BCUT2D eigenvalue weighted by atomic mass is 79.9. The Morgan fingerprint density at radius 1 is 1.39 bits per heavy atom. The lowest BCUT2D eigenvalue weighted by molar-refractivity contribution is -0.141. The lowest BCUT2D eigenvalue weighted by atomic mass is 10.0. The number of carboxylic acid groups (broad SMARTS) is 1. The quantitative estimate of drug-likeness (QED) is 0.896. The summed E-state index contributed by atoms with van der Waals surface area (Å²) < 4.78 is 13.2. The highest BCUT2D eigenvalue weighted by Crippen LogP contribution is 2.18. The van der Waals surface area contributed by atoms with Crippen LogP contribution in [-0.4, -0.2) is 23.0 Å². The molecule has 0 spiro atoms. The van der Waals surface area contributed by atoms with E-state index in [1.54, 1.807) is 6.92 Å². The number of nitrogens with one attached hydrogen (secondary N) is 1. The number of hydrogen-bond donors (Lipinski definition) is 2. The van der Waals surface area contributed by atoms with Gasteiger partial charge in [-0.2, -0.15) is 0 Å². The van der Waals surface area contributed by atoms with Gasteiger partial charge in [-0.3, -0.25) is 9.59 Å². The fourth-order valence-electron chi connectivity index (χ4n) is 1.30. The molecule has 0 radical (unpaired) electrons. The highest BCUT2D eigenvalue weighted by molar-refractivity contribution is 9.10. The summed E-state index contributed by atoms with van der Waals surface area (Å²) in [5, 5.41) is 11.4. The predicted octanol–water partition coefficient (Wildman–Crippen LogP) is 2.43. The molecule has 1 rings (SSSR count). The van der Waals surface area contributed by atoms with Crippen molar-refractivity contribution in [3.63, 3.8) is 0 Å². The van der Waals surface area contributed by atoms with Crippen molar-refractivity contribution in [1.82, 2.24) is 5.32 Å². The van der Waals surface area contributed by atoms with E-state index in [0.717, 1.165) is 0 Å². The minimum atomic E-state index is -0.985. The van der Waals surface area contributed by atoms with E-state index >= 15 is 0 Å². The Morgan fingerprint density at radius 2 is 2.00 bits per heavy atom. The Balaban J connectivity index is 2.79. The van der Waals surface area contributed by atoms with Crippen molar-refractivity contribution >= 4 is 27.8 Å². The molecule has 0 heterocycles. The minimum absolute atomic E-state index is 0.265. The summed E-state index contributed by atoms with van der Waals surface area (Å²) in [6.07, 6.45) is 0. The number of benzene rings is 1. The maximum absolute atomic E-state index is 12.9. The Morgan fingerprint density at radius 3 is 2.50 bits per heavy atom. The maximum Gasteiger partial charge on any atom is 0.308 e. The molecule has 1 aromatic carbocycles. The van der Waals surface area contributed by atoms with Crippen molar-refractivity contribution in [1.29, 1.82) is 0 Å². The fourth-order valence-corrected chi connectivity index (χ4v) is 1.83. The topological polar surface area (TPSA) is 66.4 Å². The number of halogens is 2. The number of carboxylic acids is 1. The third kappa shape index (κ3) is 3.53. The smallest absolute Gasteiger partial charge is 0.308 e. The predicted molar refractivity (Wildman–Crippen MR) is 67.8 cm³/mol. The molecule has 18 heavy (non-hydrogen) atoms. The molecule has 1 amide bonds. The van der Waals surface area contributed by atoms with Gasteiger partial charge in [-0.1, -0.05) is 0 Å². The maximum atomic E-state index is 12.9. The third-order valence-corrected chi connectivity index (χ3v) is 3.33. The monoisotopic (exact) mass is 317 g/mol. The van der Waals surface area contributed by atoms with E-state index in [1.165, 1.54) is 25.1 Å². The van der Waals surface area contributed by atoms with Gasteiger partial charge in [0.05, 0.1) is 11.5 Å². The van der Waals surface area contributed by atoms with Crippen molar-refractivity contribution in [2.45, 2.75) is 19.9 Å². The van der Waals surface area contributed by atoms with Gasteiger partial charge in [0.2, 0.25) is 0 Å². The van der Waals surface area contributed by atoms with Crippen LogP contribution in [0.15, 0.2) is 22.7 Å². The van der Waals surface area contributed by atoms with Crippen LogP contribution < -0.4 is 5.32 Å². The molecule has 0 aliphatic heterocycles. The number of amides is 1. The van der Waals surface area contributed by atoms with E-state index < -0.39 is 29.7 Å². The highest BCUT2D eigenvalue weighted by Gasteiger charge is 2.22. The van der Waals surface area contributed by atoms with Crippen molar-refractivity contribution in [2.75, 3.05) is 0 Å². The van der Waals surface area contributed by atoms with Crippen LogP contribution in [0.5, 0.6) is 0 Å². The molecule has 0 aromatic heterocycles. The van der Waals surface area contributed by atoms with Crippen molar-refractivity contribution in [3.8, 4) is 0 Å². The molecule has 6 heteroatoms. The van der Waals surface area contributed by atoms with Gasteiger partial charge in [-0.25, -0.2) is 4.39 Å². The lowest BCUT2D eigenvalue weighted by Crippen LogP contribution is -2.40. The average molecular weight is 318 g/mol. The second kappa shape index (κ2) is 5.95. The molecule has 2 unspecified atom stereocenters. The van der Waals surface area contributed by atoms with Crippen molar-refractivity contribution in [3.05, 3.63) is 34.1 Å². The van der Waals surface area contributed by atoms with Gasteiger partial charge < -0.3 is 10.4 Å². The van der Waals surface area contributed by atoms with E-state index in [9.17, 15) is 14.0 Å². The molecule has 0 aliphatic rings. The zero-order chi connectivity index (χ0) is 13.9. The molecule has 0 saturated heterocycles. The van der Waals surface area contributed by atoms with Crippen molar-refractivity contribution in [2.24, 2.45) is 5.92 Å². The van der Waals surface area contributed by atoms with E-state index in [1.807, 2.05) is 0 Å². The van der Waals surface area contributed by atoms with Crippen LogP contribution >= 0.6 is 15.9 Å². The van der Waals surface area contributed by atoms with Crippen LogP contribution in [0.1, 0.15) is 24.2 Å². The summed E-state index contributed by atoms with van der Waals surface area (Å²) in [7, 11) is 0. The van der Waals surface area contributed by atoms with Crippen LogP contribution in [-0.2, 0) is 4.79 Å². The molecule has 2 N–H and O–H groups in total. The Bertz CT molecular complexity index is 478. The molecule has 98 valence electrons. The van der Waals surface area contributed by atoms with Gasteiger partial charge >= 0.3 is 5.97 Å². The average Bonchev–Trinajstić information content (AvgIpc) is 2.27. The first-order valence-electron chi connectivity index (χ1n) is 5.31. The molecule has 0 fully saturated rings. The molecule has 0 bridgehead atoms. The van der Waals surface area contributed by atoms with Crippen LogP contribution in [0.3, 0.4) is 0 Å². The molecule has 4 nitrogen and oxygen atoms in total. The second-order valence-electron chi connectivity index (χ2n) is 4.01. The standard InChI is InChI=1S/C12H13BrFNO3/c1-6(12(17)18)7(2)15-11(16)9-4-3-8(14)5-10(9)13/h3-7H,1-2H3,(H,15,16)(H,17,18). The fraction of sp³-hybridized carbons (Fsp3) is 0.333. The summed E-state index contributed by atoms with van der Waals surface area (Å²) in [5.41, 5.74) is 0.265. The summed E-state index contributed by atoms with van der Waals surface area (Å²) in [5.74, 6) is -2.58. The SMILES string of the molecule is CC(NC(=O)c1ccc(F)cc1Br)C(C)C(=O)O. The Hall–Kier alpha value is -1.43. The summed E-state index contributed by atoms with van der Waals surface area (Å²) in [6, 6.07) is 3.17. The molecule has 0 aliphatic carbocycles. The normalized spacial score (nSPS) is 13.8. The van der Waals surface area contributed by atoms with Gasteiger partial charge in [-0.15, -0.1) is 0 Å². The molecule has 2 atom stereocenters. The van der Waals surface area contributed by atoms with Crippen LogP contribution in [0.25, 0.3) is 0 Å². The summed E-state index contributed by atoms with van der Waals surface area (Å²) in [6.45, 7) is 3.11.